The maximum atomic E-state index is 6.13. The molecule has 0 saturated carbocycles. The third-order valence-corrected chi connectivity index (χ3v) is 3.84. The molecule has 18 heavy (non-hydrogen) atoms. The van der Waals surface area contributed by atoms with Crippen LogP contribution in [-0.4, -0.2) is 0 Å². The van der Waals surface area contributed by atoms with Gasteiger partial charge in [0.05, 0.1) is 0 Å². The second kappa shape index (κ2) is 4.49. The molecule has 3 rings (SSSR count). The van der Waals surface area contributed by atoms with Crippen molar-refractivity contribution in [3.8, 4) is 11.5 Å². The van der Waals surface area contributed by atoms with Crippen molar-refractivity contribution in [2.75, 3.05) is 0 Å². The van der Waals surface area contributed by atoms with Crippen LogP contribution in [0.4, 0.5) is 0 Å². The zero-order valence-electron chi connectivity index (χ0n) is 10.9. The molecule has 0 bridgehead atoms. The number of ether oxygens (including phenoxy) is 1. The van der Waals surface area contributed by atoms with E-state index in [1.807, 2.05) is 6.07 Å². The Morgan fingerprint density at radius 2 is 1.83 bits per heavy atom. The third kappa shape index (κ3) is 1.80. The maximum Gasteiger partial charge on any atom is 0.134 e. The van der Waals surface area contributed by atoms with E-state index < -0.39 is 0 Å². The molecule has 0 aliphatic carbocycles. The Balaban J connectivity index is 2.07. The van der Waals surface area contributed by atoms with E-state index in [2.05, 4.69) is 50.2 Å². The van der Waals surface area contributed by atoms with Crippen molar-refractivity contribution in [3.63, 3.8) is 0 Å². The third-order valence-electron chi connectivity index (χ3n) is 3.84. The van der Waals surface area contributed by atoms with E-state index >= 15 is 0 Å². The molecule has 1 aliphatic heterocycles. The molecule has 1 heteroatoms. The van der Waals surface area contributed by atoms with E-state index in [0.29, 0.717) is 5.92 Å². The van der Waals surface area contributed by atoms with Gasteiger partial charge in [0, 0.05) is 6.42 Å². The predicted octanol–water partition coefficient (Wildman–Crippen LogP) is 4.90. The number of para-hydroxylation sites is 2. The van der Waals surface area contributed by atoms with Crippen LogP contribution in [0, 0.1) is 0 Å². The molecule has 1 atom stereocenters. The lowest BCUT2D eigenvalue weighted by molar-refractivity contribution is 0.448. The molecule has 0 aromatic heterocycles. The molecule has 1 heterocycles. The lowest BCUT2D eigenvalue weighted by Gasteiger charge is -2.24. The zero-order chi connectivity index (χ0) is 12.5. The lowest BCUT2D eigenvalue weighted by atomic mass is 9.91. The van der Waals surface area contributed by atoms with Gasteiger partial charge in [-0.1, -0.05) is 50.2 Å². The molecule has 2 aromatic rings. The minimum absolute atomic E-state index is 0.546. The Hall–Kier alpha value is -1.76. The smallest absolute Gasteiger partial charge is 0.134 e. The van der Waals surface area contributed by atoms with Crippen LogP contribution in [0.1, 0.15) is 42.9 Å². The Labute approximate surface area is 108 Å². The molecule has 0 spiro atoms. The highest BCUT2D eigenvalue weighted by molar-refractivity contribution is 5.53. The Bertz CT molecular complexity index is 572. The van der Waals surface area contributed by atoms with E-state index in [4.69, 9.17) is 4.74 Å². The van der Waals surface area contributed by atoms with Crippen LogP contribution in [0.25, 0.3) is 0 Å². The second-order valence-electron chi connectivity index (χ2n) is 5.03. The van der Waals surface area contributed by atoms with Crippen LogP contribution in [0.3, 0.4) is 0 Å². The van der Waals surface area contributed by atoms with Crippen LogP contribution in [0.5, 0.6) is 11.5 Å². The molecule has 2 aromatic carbocycles. The van der Waals surface area contributed by atoms with E-state index in [1.54, 1.807) is 0 Å². The van der Waals surface area contributed by atoms with Gasteiger partial charge in [-0.2, -0.15) is 0 Å². The van der Waals surface area contributed by atoms with E-state index in [-0.39, 0.29) is 0 Å². The quantitative estimate of drug-likeness (QED) is 0.617. The van der Waals surface area contributed by atoms with Crippen molar-refractivity contribution in [1.82, 2.24) is 0 Å². The monoisotopic (exact) mass is 238 g/mol. The van der Waals surface area contributed by atoms with Gasteiger partial charge >= 0.3 is 0 Å². The molecule has 1 unspecified atom stereocenters. The summed E-state index contributed by atoms with van der Waals surface area (Å²) in [7, 11) is 0. The summed E-state index contributed by atoms with van der Waals surface area (Å²) >= 11 is 0. The van der Waals surface area contributed by atoms with Crippen LogP contribution in [-0.2, 0) is 6.42 Å². The lowest BCUT2D eigenvalue weighted by Crippen LogP contribution is -2.06. The minimum Gasteiger partial charge on any atom is -0.456 e. The van der Waals surface area contributed by atoms with Crippen LogP contribution in [0.2, 0.25) is 0 Å². The number of rotatable bonds is 2. The summed E-state index contributed by atoms with van der Waals surface area (Å²) in [5, 5.41) is 0. The Morgan fingerprint density at radius 3 is 2.67 bits per heavy atom. The molecule has 0 N–H and O–H groups in total. The van der Waals surface area contributed by atoms with Crippen molar-refractivity contribution in [2.24, 2.45) is 0 Å². The van der Waals surface area contributed by atoms with Crippen molar-refractivity contribution in [2.45, 2.75) is 32.6 Å². The summed E-state index contributed by atoms with van der Waals surface area (Å²) in [6.45, 7) is 4.49. The topological polar surface area (TPSA) is 9.23 Å². The summed E-state index contributed by atoms with van der Waals surface area (Å²) in [6, 6.07) is 14.8. The van der Waals surface area contributed by atoms with Gasteiger partial charge in [0.2, 0.25) is 0 Å². The Morgan fingerprint density at radius 1 is 1.06 bits per heavy atom. The summed E-state index contributed by atoms with van der Waals surface area (Å²) in [4.78, 5) is 0. The fourth-order valence-electron chi connectivity index (χ4n) is 2.54. The van der Waals surface area contributed by atoms with Gasteiger partial charge in [-0.15, -0.1) is 0 Å². The van der Waals surface area contributed by atoms with Gasteiger partial charge < -0.3 is 4.74 Å². The van der Waals surface area contributed by atoms with Gasteiger partial charge in [-0.25, -0.2) is 0 Å². The number of benzene rings is 2. The molecule has 1 nitrogen and oxygen atoms in total. The summed E-state index contributed by atoms with van der Waals surface area (Å²) in [6.07, 6.45) is 2.12. The predicted molar refractivity (Wildman–Crippen MR) is 74.5 cm³/mol. The van der Waals surface area contributed by atoms with Crippen molar-refractivity contribution < 1.29 is 4.74 Å². The molecular weight excluding hydrogens is 220 g/mol. The normalized spacial score (nSPS) is 14.3. The van der Waals surface area contributed by atoms with Crippen molar-refractivity contribution in [3.05, 3.63) is 59.2 Å². The Kier molecular flexibility index (Phi) is 2.83. The summed E-state index contributed by atoms with van der Waals surface area (Å²) in [5.74, 6) is 2.65. The molecule has 0 saturated heterocycles. The molecule has 0 radical (unpaired) electrons. The highest BCUT2D eigenvalue weighted by Gasteiger charge is 2.20. The second-order valence-corrected chi connectivity index (χ2v) is 5.03. The number of fused-ring (bicyclic) bond motifs is 2. The first-order valence-electron chi connectivity index (χ1n) is 6.67. The van der Waals surface area contributed by atoms with Gasteiger partial charge in [-0.05, 0) is 35.1 Å². The fraction of sp³-hybridized carbons (Fsp3) is 0.294. The van der Waals surface area contributed by atoms with Gasteiger partial charge in [-0.3, -0.25) is 0 Å². The molecule has 0 amide bonds. The highest BCUT2D eigenvalue weighted by atomic mass is 16.5. The zero-order valence-corrected chi connectivity index (χ0v) is 10.9. The summed E-state index contributed by atoms with van der Waals surface area (Å²) < 4.78 is 6.13. The van der Waals surface area contributed by atoms with Crippen LogP contribution in [0.15, 0.2) is 42.5 Å². The molecule has 92 valence electrons. The maximum absolute atomic E-state index is 6.13. The van der Waals surface area contributed by atoms with Gasteiger partial charge in [0.15, 0.2) is 0 Å². The SMILES string of the molecule is CCC(C)c1cccc2c1Oc1ccccc1C2. The van der Waals surface area contributed by atoms with Gasteiger partial charge in [0.25, 0.3) is 0 Å². The van der Waals surface area contributed by atoms with Gasteiger partial charge in [0.1, 0.15) is 11.5 Å². The molecule has 1 aliphatic rings. The first kappa shape index (κ1) is 11.3. The largest absolute Gasteiger partial charge is 0.456 e. The molecular formula is C17H18O. The average molecular weight is 238 g/mol. The number of hydrogen-bond acceptors (Lipinski definition) is 1. The van der Waals surface area contributed by atoms with E-state index in [1.165, 1.54) is 16.7 Å². The molecule has 0 fully saturated rings. The standard InChI is InChI=1S/C17H18O/c1-3-12(2)15-9-6-8-14-11-13-7-4-5-10-16(13)18-17(14)15/h4-10,12H,3,11H2,1-2H3. The first-order valence-corrected chi connectivity index (χ1v) is 6.67. The first-order chi connectivity index (χ1) is 8.79. The average Bonchev–Trinajstić information content (AvgIpc) is 2.43. The van der Waals surface area contributed by atoms with Crippen molar-refractivity contribution in [1.29, 1.82) is 0 Å². The van der Waals surface area contributed by atoms with E-state index in [0.717, 1.165) is 24.3 Å². The summed E-state index contributed by atoms with van der Waals surface area (Å²) in [5.41, 5.74) is 3.93. The number of hydrogen-bond donors (Lipinski definition) is 0. The van der Waals surface area contributed by atoms with Crippen molar-refractivity contribution >= 4 is 0 Å². The van der Waals surface area contributed by atoms with Crippen LogP contribution >= 0.6 is 0 Å². The highest BCUT2D eigenvalue weighted by Crippen LogP contribution is 2.41. The van der Waals surface area contributed by atoms with Crippen LogP contribution < -0.4 is 4.74 Å². The van der Waals surface area contributed by atoms with E-state index in [9.17, 15) is 0 Å². The minimum atomic E-state index is 0.546. The fourth-order valence-corrected chi connectivity index (χ4v) is 2.54.